The minimum atomic E-state index is -1.21. The molecule has 0 spiro atoms. The van der Waals surface area contributed by atoms with Gasteiger partial charge < -0.3 is 11.1 Å². The second kappa shape index (κ2) is 4.13. The van der Waals surface area contributed by atoms with Crippen molar-refractivity contribution >= 4 is 5.69 Å². The van der Waals surface area contributed by atoms with Crippen LogP contribution in [0.1, 0.15) is 0 Å². The number of nitrogens with two attached hydrogens (primary N) is 1. The molecule has 0 aliphatic carbocycles. The average molecular weight is 190 g/mol. The zero-order valence-electron chi connectivity index (χ0n) is 6.78. The van der Waals surface area contributed by atoms with E-state index >= 15 is 0 Å². The lowest BCUT2D eigenvalue weighted by Crippen LogP contribution is -2.14. The molecule has 72 valence electrons. The van der Waals surface area contributed by atoms with Gasteiger partial charge in [0.1, 0.15) is 5.82 Å². The van der Waals surface area contributed by atoms with Crippen molar-refractivity contribution < 1.29 is 13.2 Å². The van der Waals surface area contributed by atoms with Crippen LogP contribution in [0.3, 0.4) is 0 Å². The first-order chi connectivity index (χ1) is 6.15. The molecule has 0 aliphatic heterocycles. The molecule has 5 heteroatoms. The van der Waals surface area contributed by atoms with Gasteiger partial charge in [-0.15, -0.1) is 0 Å². The molecule has 0 atom stereocenters. The first-order valence-electron chi connectivity index (χ1n) is 3.73. The smallest absolute Gasteiger partial charge is 0.182 e. The van der Waals surface area contributed by atoms with Gasteiger partial charge in [-0.05, 0) is 0 Å². The van der Waals surface area contributed by atoms with Crippen LogP contribution in [0.5, 0.6) is 0 Å². The molecule has 0 heterocycles. The van der Waals surface area contributed by atoms with Crippen molar-refractivity contribution in [3.63, 3.8) is 0 Å². The van der Waals surface area contributed by atoms with Crippen LogP contribution in [-0.2, 0) is 0 Å². The fourth-order valence-electron chi connectivity index (χ4n) is 0.891. The van der Waals surface area contributed by atoms with Crippen LogP contribution < -0.4 is 11.1 Å². The Morgan fingerprint density at radius 1 is 1.23 bits per heavy atom. The average Bonchev–Trinajstić information content (AvgIpc) is 2.09. The minimum Gasteiger partial charge on any atom is -0.381 e. The van der Waals surface area contributed by atoms with Crippen LogP contribution in [0.2, 0.25) is 0 Å². The molecule has 2 nitrogen and oxygen atoms in total. The normalized spacial score (nSPS) is 10.2. The van der Waals surface area contributed by atoms with Gasteiger partial charge in [-0.25, -0.2) is 13.2 Å². The van der Waals surface area contributed by atoms with E-state index < -0.39 is 17.5 Å². The molecule has 0 fully saturated rings. The molecule has 0 unspecified atom stereocenters. The van der Waals surface area contributed by atoms with Gasteiger partial charge in [0.25, 0.3) is 0 Å². The Morgan fingerprint density at radius 3 is 2.54 bits per heavy atom. The summed E-state index contributed by atoms with van der Waals surface area (Å²) in [4.78, 5) is 0. The molecule has 0 aliphatic rings. The molecule has 0 bridgehead atoms. The van der Waals surface area contributed by atoms with Crippen molar-refractivity contribution in [2.45, 2.75) is 0 Å². The van der Waals surface area contributed by atoms with E-state index in [4.69, 9.17) is 5.73 Å². The maximum absolute atomic E-state index is 12.9. The summed E-state index contributed by atoms with van der Waals surface area (Å²) in [5, 5.41) is 2.46. The standard InChI is InChI=1S/C8H9F3N2/c9-5-3-6(10)8(11)7(4-5)13-2-1-12/h3-4,13H,1-2,12H2. The second-order valence-electron chi connectivity index (χ2n) is 2.46. The highest BCUT2D eigenvalue weighted by Gasteiger charge is 2.09. The Morgan fingerprint density at radius 2 is 1.92 bits per heavy atom. The van der Waals surface area contributed by atoms with Gasteiger partial charge in [0, 0.05) is 25.2 Å². The largest absolute Gasteiger partial charge is 0.381 e. The monoisotopic (exact) mass is 190 g/mol. The van der Waals surface area contributed by atoms with Crippen molar-refractivity contribution in [2.75, 3.05) is 18.4 Å². The lowest BCUT2D eigenvalue weighted by Gasteiger charge is -2.06. The van der Waals surface area contributed by atoms with E-state index in [0.29, 0.717) is 6.07 Å². The summed E-state index contributed by atoms with van der Waals surface area (Å²) in [5.74, 6) is -3.12. The summed E-state index contributed by atoms with van der Waals surface area (Å²) >= 11 is 0. The maximum atomic E-state index is 12.9. The van der Waals surface area contributed by atoms with Crippen LogP contribution >= 0.6 is 0 Å². The van der Waals surface area contributed by atoms with Crippen molar-refractivity contribution in [2.24, 2.45) is 5.73 Å². The Labute approximate surface area is 73.5 Å². The predicted octanol–water partition coefficient (Wildman–Crippen LogP) is 1.47. The third-order valence-electron chi connectivity index (χ3n) is 1.45. The van der Waals surface area contributed by atoms with Crippen LogP contribution in [0.4, 0.5) is 18.9 Å². The highest BCUT2D eigenvalue weighted by Crippen LogP contribution is 2.18. The number of hydrogen-bond acceptors (Lipinski definition) is 2. The van der Waals surface area contributed by atoms with Crippen LogP contribution in [0.25, 0.3) is 0 Å². The van der Waals surface area contributed by atoms with Crippen LogP contribution in [-0.4, -0.2) is 13.1 Å². The van der Waals surface area contributed by atoms with E-state index in [1.165, 1.54) is 0 Å². The van der Waals surface area contributed by atoms with E-state index in [9.17, 15) is 13.2 Å². The minimum absolute atomic E-state index is 0.206. The third-order valence-corrected chi connectivity index (χ3v) is 1.45. The number of rotatable bonds is 3. The molecular weight excluding hydrogens is 181 g/mol. The molecule has 1 aromatic rings. The van der Waals surface area contributed by atoms with Gasteiger partial charge in [-0.3, -0.25) is 0 Å². The van der Waals surface area contributed by atoms with E-state index in [2.05, 4.69) is 5.32 Å². The molecule has 1 rings (SSSR count). The van der Waals surface area contributed by atoms with Crippen molar-refractivity contribution in [3.8, 4) is 0 Å². The summed E-state index contributed by atoms with van der Waals surface area (Å²) in [5.41, 5.74) is 4.92. The Kier molecular flexibility index (Phi) is 3.13. The first-order valence-corrected chi connectivity index (χ1v) is 3.73. The summed E-state index contributed by atoms with van der Waals surface area (Å²) in [6.45, 7) is 0.525. The molecule has 13 heavy (non-hydrogen) atoms. The number of nitrogens with one attached hydrogen (secondary N) is 1. The van der Waals surface area contributed by atoms with E-state index in [1.807, 2.05) is 0 Å². The van der Waals surface area contributed by atoms with Gasteiger partial charge in [0.2, 0.25) is 0 Å². The van der Waals surface area contributed by atoms with Crippen LogP contribution in [0, 0.1) is 17.5 Å². The van der Waals surface area contributed by atoms with Gasteiger partial charge in [0.15, 0.2) is 11.6 Å². The SMILES string of the molecule is NCCNc1cc(F)cc(F)c1F. The van der Waals surface area contributed by atoms with E-state index in [-0.39, 0.29) is 18.8 Å². The van der Waals surface area contributed by atoms with E-state index in [1.54, 1.807) is 0 Å². The number of benzene rings is 1. The number of halogens is 3. The van der Waals surface area contributed by atoms with Gasteiger partial charge in [0.05, 0.1) is 5.69 Å². The fraction of sp³-hybridized carbons (Fsp3) is 0.250. The summed E-state index contributed by atoms with van der Waals surface area (Å²) in [6.07, 6.45) is 0. The molecule has 0 saturated heterocycles. The van der Waals surface area contributed by atoms with Gasteiger partial charge >= 0.3 is 0 Å². The number of hydrogen-bond donors (Lipinski definition) is 2. The van der Waals surface area contributed by atoms with Gasteiger partial charge in [-0.1, -0.05) is 0 Å². The highest BCUT2D eigenvalue weighted by molar-refractivity contribution is 5.45. The number of anilines is 1. The molecule has 3 N–H and O–H groups in total. The third kappa shape index (κ3) is 2.35. The Balaban J connectivity index is 2.92. The molecule has 0 amide bonds. The quantitative estimate of drug-likeness (QED) is 0.708. The summed E-state index contributed by atoms with van der Waals surface area (Å²) in [6, 6.07) is 1.37. The predicted molar refractivity (Wildman–Crippen MR) is 43.9 cm³/mol. The topological polar surface area (TPSA) is 38.0 Å². The molecule has 0 radical (unpaired) electrons. The van der Waals surface area contributed by atoms with Crippen molar-refractivity contribution in [1.29, 1.82) is 0 Å². The van der Waals surface area contributed by atoms with Crippen molar-refractivity contribution in [1.82, 2.24) is 0 Å². The Bertz CT molecular complexity index is 302. The molecule has 1 aromatic carbocycles. The van der Waals surface area contributed by atoms with Crippen LogP contribution in [0.15, 0.2) is 12.1 Å². The fourth-order valence-corrected chi connectivity index (χ4v) is 0.891. The zero-order valence-corrected chi connectivity index (χ0v) is 6.78. The maximum Gasteiger partial charge on any atom is 0.182 e. The second-order valence-corrected chi connectivity index (χ2v) is 2.46. The summed E-state index contributed by atoms with van der Waals surface area (Å²) < 4.78 is 38.0. The molecule has 0 aromatic heterocycles. The Hall–Kier alpha value is -1.23. The lowest BCUT2D eigenvalue weighted by atomic mass is 10.3. The van der Waals surface area contributed by atoms with E-state index in [0.717, 1.165) is 6.07 Å². The van der Waals surface area contributed by atoms with Gasteiger partial charge in [-0.2, -0.15) is 0 Å². The summed E-state index contributed by atoms with van der Waals surface area (Å²) in [7, 11) is 0. The molecule has 0 saturated carbocycles. The lowest BCUT2D eigenvalue weighted by molar-refractivity contribution is 0.497. The van der Waals surface area contributed by atoms with Crippen molar-refractivity contribution in [3.05, 3.63) is 29.6 Å². The zero-order chi connectivity index (χ0) is 9.84. The molecular formula is C8H9F3N2. The highest BCUT2D eigenvalue weighted by atomic mass is 19.2. The first kappa shape index (κ1) is 9.85.